The molecular weight excluding hydrogens is 306 g/mol. The van der Waals surface area contributed by atoms with Crippen LogP contribution in [0.3, 0.4) is 0 Å². The molecule has 0 unspecified atom stereocenters. The minimum absolute atomic E-state index is 0.0142. The first kappa shape index (κ1) is 16.4. The van der Waals surface area contributed by atoms with Gasteiger partial charge in [0.05, 0.1) is 6.54 Å². The third kappa shape index (κ3) is 4.79. The highest BCUT2D eigenvalue weighted by Gasteiger charge is 2.21. The van der Waals surface area contributed by atoms with Crippen molar-refractivity contribution in [2.45, 2.75) is 32.4 Å². The molecule has 1 fully saturated rings. The van der Waals surface area contributed by atoms with Crippen molar-refractivity contribution in [3.05, 3.63) is 52.2 Å². The van der Waals surface area contributed by atoms with Gasteiger partial charge < -0.3 is 5.32 Å². The number of aromatic nitrogens is 3. The van der Waals surface area contributed by atoms with Gasteiger partial charge in [-0.3, -0.25) is 14.7 Å². The van der Waals surface area contributed by atoms with Crippen molar-refractivity contribution in [2.24, 2.45) is 5.92 Å². The molecule has 24 heavy (non-hydrogen) atoms. The number of H-pyrrole nitrogens is 2. The molecule has 0 aliphatic carbocycles. The van der Waals surface area contributed by atoms with Gasteiger partial charge in [-0.2, -0.15) is 5.10 Å². The maximum absolute atomic E-state index is 12.0. The monoisotopic (exact) mass is 329 g/mol. The van der Waals surface area contributed by atoms with E-state index < -0.39 is 0 Å². The van der Waals surface area contributed by atoms with Crippen molar-refractivity contribution in [3.8, 4) is 0 Å². The highest BCUT2D eigenvalue weighted by molar-refractivity contribution is 5.76. The summed E-state index contributed by atoms with van der Waals surface area (Å²) in [6.45, 7) is 3.29. The van der Waals surface area contributed by atoms with E-state index in [0.717, 1.165) is 32.5 Å². The van der Waals surface area contributed by atoms with Crippen LogP contribution in [0, 0.1) is 5.92 Å². The van der Waals surface area contributed by atoms with E-state index in [4.69, 9.17) is 0 Å². The van der Waals surface area contributed by atoms with E-state index in [1.54, 1.807) is 0 Å². The van der Waals surface area contributed by atoms with Crippen molar-refractivity contribution < 1.29 is 4.79 Å². The molecule has 2 heterocycles. The number of hydrogen-bond donors (Lipinski definition) is 3. The van der Waals surface area contributed by atoms with Crippen molar-refractivity contribution in [2.75, 3.05) is 13.1 Å². The molecule has 2 aromatic rings. The molecule has 7 heteroatoms. The first-order chi connectivity index (χ1) is 11.7. The number of likely N-dealkylation sites (tertiary alicyclic amines) is 1. The number of hydrogen-bond acceptors (Lipinski definition) is 4. The highest BCUT2D eigenvalue weighted by atomic mass is 16.2. The maximum Gasteiger partial charge on any atom is 0.340 e. The molecule has 1 aromatic heterocycles. The van der Waals surface area contributed by atoms with E-state index in [1.165, 1.54) is 5.56 Å². The smallest absolute Gasteiger partial charge is 0.340 e. The van der Waals surface area contributed by atoms with Crippen LogP contribution < -0.4 is 11.0 Å². The molecule has 0 radical (unpaired) electrons. The van der Waals surface area contributed by atoms with Crippen LogP contribution in [-0.2, 0) is 17.9 Å². The summed E-state index contributed by atoms with van der Waals surface area (Å²) >= 11 is 0. The molecule has 1 amide bonds. The number of rotatable bonds is 6. The third-order valence-electron chi connectivity index (χ3n) is 4.43. The van der Waals surface area contributed by atoms with Crippen LogP contribution in [0.4, 0.5) is 0 Å². The van der Waals surface area contributed by atoms with Gasteiger partial charge in [-0.15, -0.1) is 0 Å². The minimum atomic E-state index is -0.356. The number of aromatic amines is 2. The van der Waals surface area contributed by atoms with Gasteiger partial charge in [0.25, 0.3) is 0 Å². The van der Waals surface area contributed by atoms with Crippen molar-refractivity contribution >= 4 is 5.91 Å². The van der Waals surface area contributed by atoms with Gasteiger partial charge in [0.15, 0.2) is 0 Å². The lowest BCUT2D eigenvalue weighted by molar-refractivity contribution is -0.122. The molecule has 0 spiro atoms. The first-order valence-electron chi connectivity index (χ1n) is 8.35. The van der Waals surface area contributed by atoms with Gasteiger partial charge in [0, 0.05) is 13.0 Å². The second-order valence-corrected chi connectivity index (χ2v) is 6.31. The SMILES string of the molecule is O=C(CC1CCN(Cc2ccccc2)CC1)NCc1n[nH]c(=O)[nH]1. The molecule has 3 N–H and O–H groups in total. The van der Waals surface area contributed by atoms with Crippen LogP contribution in [0.5, 0.6) is 0 Å². The average Bonchev–Trinajstić information content (AvgIpc) is 3.01. The van der Waals surface area contributed by atoms with Crippen LogP contribution in [0.1, 0.15) is 30.7 Å². The Balaban J connectivity index is 1.37. The molecule has 0 atom stereocenters. The minimum Gasteiger partial charge on any atom is -0.349 e. The summed E-state index contributed by atoms with van der Waals surface area (Å²) < 4.78 is 0. The zero-order chi connectivity index (χ0) is 16.8. The Kier molecular flexibility index (Phi) is 5.43. The standard InChI is InChI=1S/C17H23N5O2/c23-16(18-11-15-19-17(24)21-20-15)10-13-6-8-22(9-7-13)12-14-4-2-1-3-5-14/h1-5,13H,6-12H2,(H,18,23)(H2,19,20,21,24). The van der Waals surface area contributed by atoms with E-state index in [1.807, 2.05) is 6.07 Å². The van der Waals surface area contributed by atoms with E-state index in [2.05, 4.69) is 49.7 Å². The number of carbonyl (C=O) groups is 1. The number of amides is 1. The molecule has 1 aliphatic heterocycles. The Morgan fingerprint density at radius 2 is 2.00 bits per heavy atom. The Morgan fingerprint density at radius 1 is 1.25 bits per heavy atom. The molecule has 128 valence electrons. The van der Waals surface area contributed by atoms with E-state index in [0.29, 0.717) is 18.2 Å². The summed E-state index contributed by atoms with van der Waals surface area (Å²) in [6, 6.07) is 10.5. The molecule has 1 aromatic carbocycles. The lowest BCUT2D eigenvalue weighted by Crippen LogP contribution is -2.35. The molecule has 0 bridgehead atoms. The predicted octanol–water partition coefficient (Wildman–Crippen LogP) is 1.02. The summed E-state index contributed by atoms with van der Waals surface area (Å²) in [5.41, 5.74) is 0.978. The van der Waals surface area contributed by atoms with Gasteiger partial charge in [0.2, 0.25) is 5.91 Å². The van der Waals surface area contributed by atoms with Crippen molar-refractivity contribution in [3.63, 3.8) is 0 Å². The molecule has 3 rings (SSSR count). The van der Waals surface area contributed by atoms with E-state index >= 15 is 0 Å². The van der Waals surface area contributed by atoms with Gasteiger partial charge >= 0.3 is 5.69 Å². The summed E-state index contributed by atoms with van der Waals surface area (Å²) in [5, 5.41) is 8.86. The first-order valence-corrected chi connectivity index (χ1v) is 8.35. The second-order valence-electron chi connectivity index (χ2n) is 6.31. The summed E-state index contributed by atoms with van der Waals surface area (Å²) in [7, 11) is 0. The van der Waals surface area contributed by atoms with Crippen LogP contribution in [0.2, 0.25) is 0 Å². The predicted molar refractivity (Wildman–Crippen MR) is 90.1 cm³/mol. The van der Waals surface area contributed by atoms with Crippen LogP contribution in [-0.4, -0.2) is 39.1 Å². The number of carbonyl (C=O) groups excluding carboxylic acids is 1. The molecule has 0 saturated carbocycles. The number of benzene rings is 1. The van der Waals surface area contributed by atoms with E-state index in [9.17, 15) is 9.59 Å². The molecule has 7 nitrogen and oxygen atoms in total. The fraction of sp³-hybridized carbons (Fsp3) is 0.471. The zero-order valence-corrected chi connectivity index (χ0v) is 13.6. The van der Waals surface area contributed by atoms with E-state index in [-0.39, 0.29) is 18.1 Å². The number of nitrogens with one attached hydrogen (secondary N) is 3. The summed E-state index contributed by atoms with van der Waals surface area (Å²) in [5.74, 6) is 0.890. The van der Waals surface area contributed by atoms with Crippen LogP contribution in [0.25, 0.3) is 0 Å². The van der Waals surface area contributed by atoms with Gasteiger partial charge in [0.1, 0.15) is 5.82 Å². The maximum atomic E-state index is 12.0. The van der Waals surface area contributed by atoms with Crippen molar-refractivity contribution in [1.82, 2.24) is 25.4 Å². The Bertz CT molecular complexity index is 701. The Labute approximate surface area is 140 Å². The molecular formula is C17H23N5O2. The number of nitrogens with zero attached hydrogens (tertiary/aromatic N) is 2. The molecule has 1 saturated heterocycles. The van der Waals surface area contributed by atoms with Gasteiger partial charge in [-0.25, -0.2) is 9.89 Å². The number of piperidine rings is 1. The largest absolute Gasteiger partial charge is 0.349 e. The Morgan fingerprint density at radius 3 is 2.67 bits per heavy atom. The normalized spacial score (nSPS) is 16.2. The summed E-state index contributed by atoms with van der Waals surface area (Å²) in [4.78, 5) is 27.9. The lowest BCUT2D eigenvalue weighted by Gasteiger charge is -2.31. The fourth-order valence-corrected chi connectivity index (χ4v) is 3.10. The zero-order valence-electron chi connectivity index (χ0n) is 13.6. The van der Waals surface area contributed by atoms with Crippen LogP contribution >= 0.6 is 0 Å². The second kappa shape index (κ2) is 7.92. The Hall–Kier alpha value is -2.41. The highest BCUT2D eigenvalue weighted by Crippen LogP contribution is 2.21. The fourth-order valence-electron chi connectivity index (χ4n) is 3.10. The molecule has 1 aliphatic rings. The van der Waals surface area contributed by atoms with Gasteiger partial charge in [-0.05, 0) is 37.4 Å². The van der Waals surface area contributed by atoms with Crippen LogP contribution in [0.15, 0.2) is 35.1 Å². The lowest BCUT2D eigenvalue weighted by atomic mass is 9.93. The quantitative estimate of drug-likeness (QED) is 0.737. The van der Waals surface area contributed by atoms with Crippen molar-refractivity contribution in [1.29, 1.82) is 0 Å². The average molecular weight is 329 g/mol. The summed E-state index contributed by atoms with van der Waals surface area (Å²) in [6.07, 6.45) is 2.62. The third-order valence-corrected chi connectivity index (χ3v) is 4.43. The van der Waals surface area contributed by atoms with Gasteiger partial charge in [-0.1, -0.05) is 30.3 Å². The topological polar surface area (TPSA) is 93.9 Å².